The first-order valence-corrected chi connectivity index (χ1v) is 8.08. The maximum atomic E-state index is 11.9. The number of benzene rings is 1. The van der Waals surface area contributed by atoms with Crippen molar-refractivity contribution in [3.05, 3.63) is 29.8 Å². The maximum absolute atomic E-state index is 11.9. The molecule has 0 aliphatic carbocycles. The van der Waals surface area contributed by atoms with Crippen molar-refractivity contribution in [3.8, 4) is 5.75 Å². The van der Waals surface area contributed by atoms with Gasteiger partial charge in [-0.1, -0.05) is 39.0 Å². The molecular weight excluding hydrogens is 292 g/mol. The summed E-state index contributed by atoms with van der Waals surface area (Å²) in [5.41, 5.74) is 0.935. The van der Waals surface area contributed by atoms with Crippen molar-refractivity contribution in [3.63, 3.8) is 0 Å². The van der Waals surface area contributed by atoms with E-state index in [2.05, 4.69) is 17.6 Å². The summed E-state index contributed by atoms with van der Waals surface area (Å²) in [6, 6.07) is 7.64. The van der Waals surface area contributed by atoms with Crippen molar-refractivity contribution >= 4 is 6.03 Å². The average molecular weight is 322 g/mol. The van der Waals surface area contributed by atoms with Crippen LogP contribution in [0.3, 0.4) is 0 Å². The molecule has 0 bridgehead atoms. The molecule has 23 heavy (non-hydrogen) atoms. The van der Waals surface area contributed by atoms with Crippen LogP contribution in [0, 0.1) is 5.41 Å². The fraction of sp³-hybridized carbons (Fsp3) is 0.611. The molecule has 0 fully saturated rings. The van der Waals surface area contributed by atoms with Crippen molar-refractivity contribution < 1.29 is 14.6 Å². The van der Waals surface area contributed by atoms with E-state index in [-0.39, 0.29) is 23.5 Å². The maximum Gasteiger partial charge on any atom is 0.314 e. The van der Waals surface area contributed by atoms with E-state index in [0.717, 1.165) is 11.3 Å². The Morgan fingerprint density at radius 3 is 2.52 bits per heavy atom. The van der Waals surface area contributed by atoms with Gasteiger partial charge < -0.3 is 20.5 Å². The van der Waals surface area contributed by atoms with Crippen LogP contribution < -0.4 is 15.4 Å². The van der Waals surface area contributed by atoms with E-state index in [9.17, 15) is 9.90 Å². The molecule has 0 radical (unpaired) electrons. The largest absolute Gasteiger partial charge is 0.496 e. The molecule has 2 unspecified atom stereocenters. The number of hydrogen-bond donors (Lipinski definition) is 3. The van der Waals surface area contributed by atoms with Crippen molar-refractivity contribution in [1.82, 2.24) is 10.6 Å². The zero-order chi connectivity index (χ0) is 17.5. The molecule has 0 saturated heterocycles. The Morgan fingerprint density at radius 1 is 1.26 bits per heavy atom. The smallest absolute Gasteiger partial charge is 0.314 e. The van der Waals surface area contributed by atoms with Gasteiger partial charge in [0.2, 0.25) is 0 Å². The van der Waals surface area contributed by atoms with Crippen LogP contribution in [0.4, 0.5) is 4.79 Å². The van der Waals surface area contributed by atoms with Gasteiger partial charge in [-0.15, -0.1) is 0 Å². The Hall–Kier alpha value is -1.75. The minimum Gasteiger partial charge on any atom is -0.496 e. The first-order chi connectivity index (χ1) is 10.7. The second kappa shape index (κ2) is 8.77. The van der Waals surface area contributed by atoms with Crippen molar-refractivity contribution in [1.29, 1.82) is 0 Å². The first-order valence-electron chi connectivity index (χ1n) is 8.08. The van der Waals surface area contributed by atoms with Crippen molar-refractivity contribution in [2.24, 2.45) is 5.41 Å². The molecule has 2 amide bonds. The lowest BCUT2D eigenvalue weighted by atomic mass is 9.87. The monoisotopic (exact) mass is 322 g/mol. The van der Waals surface area contributed by atoms with Crippen LogP contribution in [-0.2, 0) is 0 Å². The molecule has 1 aromatic rings. The highest BCUT2D eigenvalue weighted by Crippen LogP contribution is 2.25. The molecule has 0 heterocycles. The Bertz CT molecular complexity index is 501. The summed E-state index contributed by atoms with van der Waals surface area (Å²) in [4.78, 5) is 11.9. The summed E-state index contributed by atoms with van der Waals surface area (Å²) in [6.45, 7) is 8.91. The van der Waals surface area contributed by atoms with E-state index in [0.29, 0.717) is 19.5 Å². The summed E-state index contributed by atoms with van der Waals surface area (Å²) in [6.07, 6.45) is 0.269. The molecule has 0 aliphatic rings. The van der Waals surface area contributed by atoms with Crippen LogP contribution in [0.1, 0.15) is 45.6 Å². The number of hydrogen-bond acceptors (Lipinski definition) is 3. The van der Waals surface area contributed by atoms with Crippen LogP contribution in [0.25, 0.3) is 0 Å². The average Bonchev–Trinajstić information content (AvgIpc) is 2.49. The molecule has 5 nitrogen and oxygen atoms in total. The number of methoxy groups -OCH3 is 1. The molecule has 2 atom stereocenters. The molecule has 0 spiro atoms. The third kappa shape index (κ3) is 6.91. The SMILES string of the molecule is COc1ccccc1C(C)CNC(=O)NCC(C)(C)CC(C)O. The minimum absolute atomic E-state index is 0.139. The lowest BCUT2D eigenvalue weighted by Crippen LogP contribution is -2.42. The van der Waals surface area contributed by atoms with E-state index in [4.69, 9.17) is 4.74 Å². The number of aliphatic hydroxyl groups excluding tert-OH is 1. The van der Waals surface area contributed by atoms with Crippen LogP contribution in [0.5, 0.6) is 5.75 Å². The molecule has 0 saturated carbocycles. The van der Waals surface area contributed by atoms with Crippen LogP contribution in [-0.4, -0.2) is 37.4 Å². The van der Waals surface area contributed by atoms with Gasteiger partial charge in [0.05, 0.1) is 13.2 Å². The predicted octanol–water partition coefficient (Wildman–Crippen LogP) is 2.90. The van der Waals surface area contributed by atoms with Gasteiger partial charge in [-0.3, -0.25) is 0 Å². The second-order valence-electron chi connectivity index (χ2n) is 6.92. The summed E-state index contributed by atoms with van der Waals surface area (Å²) in [5.74, 6) is 0.989. The zero-order valence-corrected chi connectivity index (χ0v) is 14.8. The second-order valence-corrected chi connectivity index (χ2v) is 6.92. The number of para-hydroxylation sites is 1. The molecule has 3 N–H and O–H groups in total. The van der Waals surface area contributed by atoms with E-state index < -0.39 is 0 Å². The van der Waals surface area contributed by atoms with Gasteiger partial charge in [0.1, 0.15) is 5.75 Å². The van der Waals surface area contributed by atoms with E-state index in [1.165, 1.54) is 0 Å². The van der Waals surface area contributed by atoms with Gasteiger partial charge in [-0.25, -0.2) is 4.79 Å². The number of nitrogens with one attached hydrogen (secondary N) is 2. The number of carbonyl (C=O) groups is 1. The Balaban J connectivity index is 2.44. The first kappa shape index (κ1) is 19.3. The standard InChI is InChI=1S/C18H30N2O3/c1-13(15-8-6-7-9-16(15)23-5)11-19-17(22)20-12-18(3,4)10-14(2)21/h6-9,13-14,21H,10-12H2,1-5H3,(H2,19,20,22). The zero-order valence-electron chi connectivity index (χ0n) is 14.8. The molecule has 0 aliphatic heterocycles. The molecule has 0 aromatic heterocycles. The molecule has 1 aromatic carbocycles. The van der Waals surface area contributed by atoms with Crippen LogP contribution >= 0.6 is 0 Å². The lowest BCUT2D eigenvalue weighted by molar-refractivity contribution is 0.129. The third-order valence-corrected chi connectivity index (χ3v) is 3.81. The summed E-state index contributed by atoms with van der Waals surface area (Å²) in [7, 11) is 1.65. The number of ether oxygens (including phenoxy) is 1. The topological polar surface area (TPSA) is 70.6 Å². The molecule has 1 rings (SSSR count). The minimum atomic E-state index is -0.375. The summed E-state index contributed by atoms with van der Waals surface area (Å²) < 4.78 is 5.35. The van der Waals surface area contributed by atoms with Gasteiger partial charge in [0.15, 0.2) is 0 Å². The van der Waals surface area contributed by atoms with Gasteiger partial charge in [-0.2, -0.15) is 0 Å². The number of aliphatic hydroxyl groups is 1. The quantitative estimate of drug-likeness (QED) is 0.689. The highest BCUT2D eigenvalue weighted by atomic mass is 16.5. The summed E-state index contributed by atoms with van der Waals surface area (Å²) in [5, 5.41) is 15.2. The van der Waals surface area contributed by atoms with Crippen molar-refractivity contribution in [2.45, 2.75) is 46.1 Å². The third-order valence-electron chi connectivity index (χ3n) is 3.81. The van der Waals surface area contributed by atoms with Crippen LogP contribution in [0.2, 0.25) is 0 Å². The lowest BCUT2D eigenvalue weighted by Gasteiger charge is -2.26. The highest BCUT2D eigenvalue weighted by molar-refractivity contribution is 5.73. The predicted molar refractivity (Wildman–Crippen MR) is 92.9 cm³/mol. The van der Waals surface area contributed by atoms with Crippen molar-refractivity contribution in [2.75, 3.05) is 20.2 Å². The van der Waals surface area contributed by atoms with E-state index in [1.54, 1.807) is 14.0 Å². The highest BCUT2D eigenvalue weighted by Gasteiger charge is 2.21. The molecule has 130 valence electrons. The van der Waals surface area contributed by atoms with Gasteiger partial charge in [0.25, 0.3) is 0 Å². The van der Waals surface area contributed by atoms with E-state index in [1.807, 2.05) is 38.1 Å². The van der Waals surface area contributed by atoms with Gasteiger partial charge >= 0.3 is 6.03 Å². The van der Waals surface area contributed by atoms with Crippen LogP contribution in [0.15, 0.2) is 24.3 Å². The summed E-state index contributed by atoms with van der Waals surface area (Å²) >= 11 is 0. The Kier molecular flexibility index (Phi) is 7.36. The number of amides is 2. The Morgan fingerprint density at radius 2 is 1.91 bits per heavy atom. The molecular formula is C18H30N2O3. The fourth-order valence-corrected chi connectivity index (χ4v) is 2.68. The number of carbonyl (C=O) groups excluding carboxylic acids is 1. The molecule has 5 heteroatoms. The Labute approximate surface area is 139 Å². The van der Waals surface area contributed by atoms with E-state index >= 15 is 0 Å². The number of urea groups is 1. The number of rotatable bonds is 8. The van der Waals surface area contributed by atoms with Gasteiger partial charge in [0, 0.05) is 19.0 Å². The fourth-order valence-electron chi connectivity index (χ4n) is 2.68. The van der Waals surface area contributed by atoms with Gasteiger partial charge in [-0.05, 0) is 30.4 Å². The normalized spacial score (nSPS) is 14.0.